The van der Waals surface area contributed by atoms with Gasteiger partial charge in [0.1, 0.15) is 5.52 Å². The van der Waals surface area contributed by atoms with Gasteiger partial charge in [0, 0.05) is 30.0 Å². The van der Waals surface area contributed by atoms with Gasteiger partial charge >= 0.3 is 0 Å². The molecule has 6 nitrogen and oxygen atoms in total. The van der Waals surface area contributed by atoms with E-state index in [4.69, 9.17) is 28.2 Å². The second-order valence-corrected chi connectivity index (χ2v) is 8.63. The SMILES string of the molecule is CCN(CC)c1ccc(-c2nc3cc(NC(=S)NC(=O)c4ccc(C)cc4Cl)ccc3o2)cc1. The van der Waals surface area contributed by atoms with Gasteiger partial charge in [0.2, 0.25) is 5.89 Å². The zero-order chi connectivity index (χ0) is 24.2. The van der Waals surface area contributed by atoms with E-state index < -0.39 is 0 Å². The number of nitrogens with zero attached hydrogens (tertiary/aromatic N) is 2. The molecule has 0 aliphatic rings. The quantitative estimate of drug-likeness (QED) is 0.302. The third-order valence-electron chi connectivity index (χ3n) is 5.48. The van der Waals surface area contributed by atoms with Crippen LogP contribution < -0.4 is 15.5 Å². The molecule has 0 atom stereocenters. The standard InChI is InChI=1S/C26H25ClN4O2S/c1-4-31(5-2)19-10-7-17(8-11-19)25-29-22-15-18(9-13-23(22)33-25)28-26(34)30-24(32)20-12-6-16(3)14-21(20)27/h6-15H,4-5H2,1-3H3,(H2,28,30,32,34). The highest BCUT2D eigenvalue weighted by Crippen LogP contribution is 2.28. The number of aryl methyl sites for hydroxylation is 1. The lowest BCUT2D eigenvalue weighted by molar-refractivity contribution is 0.0978. The van der Waals surface area contributed by atoms with Gasteiger partial charge in [0.25, 0.3) is 5.91 Å². The normalized spacial score (nSPS) is 10.8. The van der Waals surface area contributed by atoms with E-state index in [1.54, 1.807) is 12.1 Å². The van der Waals surface area contributed by atoms with Gasteiger partial charge in [0.15, 0.2) is 10.7 Å². The predicted octanol–water partition coefficient (Wildman–Crippen LogP) is 6.43. The molecule has 4 aromatic rings. The minimum absolute atomic E-state index is 0.164. The van der Waals surface area contributed by atoms with E-state index in [1.807, 2.05) is 43.3 Å². The Hall–Kier alpha value is -3.42. The Morgan fingerprint density at radius 1 is 1.06 bits per heavy atom. The number of fused-ring (bicyclic) bond motifs is 1. The number of rotatable bonds is 6. The average molecular weight is 493 g/mol. The summed E-state index contributed by atoms with van der Waals surface area (Å²) in [5.74, 6) is 0.170. The lowest BCUT2D eigenvalue weighted by atomic mass is 10.1. The summed E-state index contributed by atoms with van der Waals surface area (Å²) in [6, 6.07) is 18.9. The van der Waals surface area contributed by atoms with Gasteiger partial charge in [-0.25, -0.2) is 4.98 Å². The van der Waals surface area contributed by atoms with Crippen molar-refractivity contribution >= 4 is 57.3 Å². The van der Waals surface area contributed by atoms with E-state index in [0.717, 1.165) is 24.2 Å². The number of carbonyl (C=O) groups is 1. The van der Waals surface area contributed by atoms with Crippen LogP contribution in [0.25, 0.3) is 22.6 Å². The molecule has 0 aliphatic carbocycles. The Bertz CT molecular complexity index is 1350. The summed E-state index contributed by atoms with van der Waals surface area (Å²) in [5.41, 5.74) is 5.43. The first kappa shape index (κ1) is 23.7. The average Bonchev–Trinajstić information content (AvgIpc) is 3.23. The fraction of sp³-hybridized carbons (Fsp3) is 0.192. The third-order valence-corrected chi connectivity index (χ3v) is 6.00. The Labute approximate surface area is 208 Å². The molecular formula is C26H25ClN4O2S. The second kappa shape index (κ2) is 10.2. The summed E-state index contributed by atoms with van der Waals surface area (Å²) in [4.78, 5) is 19.4. The summed E-state index contributed by atoms with van der Waals surface area (Å²) < 4.78 is 5.94. The fourth-order valence-corrected chi connectivity index (χ4v) is 4.20. The van der Waals surface area contributed by atoms with E-state index in [9.17, 15) is 4.79 Å². The minimum atomic E-state index is -0.375. The molecule has 4 rings (SSSR count). The van der Waals surface area contributed by atoms with Gasteiger partial charge in [-0.05, 0) is 93.1 Å². The lowest BCUT2D eigenvalue weighted by Crippen LogP contribution is -2.34. The molecule has 0 saturated carbocycles. The Morgan fingerprint density at radius 2 is 1.79 bits per heavy atom. The lowest BCUT2D eigenvalue weighted by Gasteiger charge is -2.20. The van der Waals surface area contributed by atoms with Crippen LogP contribution in [-0.2, 0) is 0 Å². The largest absolute Gasteiger partial charge is 0.436 e. The smallest absolute Gasteiger partial charge is 0.258 e. The molecule has 0 fully saturated rings. The first-order chi connectivity index (χ1) is 16.4. The first-order valence-corrected chi connectivity index (χ1v) is 11.8. The van der Waals surface area contributed by atoms with Crippen molar-refractivity contribution in [2.24, 2.45) is 0 Å². The van der Waals surface area contributed by atoms with E-state index in [0.29, 0.717) is 33.3 Å². The number of hydrogen-bond donors (Lipinski definition) is 2. The maximum Gasteiger partial charge on any atom is 0.258 e. The maximum absolute atomic E-state index is 12.5. The van der Waals surface area contributed by atoms with Crippen molar-refractivity contribution in [3.05, 3.63) is 76.8 Å². The van der Waals surface area contributed by atoms with Crippen molar-refractivity contribution in [3.63, 3.8) is 0 Å². The number of aromatic nitrogens is 1. The van der Waals surface area contributed by atoms with Crippen LogP contribution in [-0.4, -0.2) is 29.1 Å². The van der Waals surface area contributed by atoms with Crippen molar-refractivity contribution in [2.75, 3.05) is 23.3 Å². The van der Waals surface area contributed by atoms with Crippen LogP contribution in [0.5, 0.6) is 0 Å². The third kappa shape index (κ3) is 5.21. The monoisotopic (exact) mass is 492 g/mol. The maximum atomic E-state index is 12.5. The number of amides is 1. The van der Waals surface area contributed by atoms with Crippen molar-refractivity contribution < 1.29 is 9.21 Å². The van der Waals surface area contributed by atoms with Crippen LogP contribution in [0.2, 0.25) is 5.02 Å². The molecule has 0 aliphatic heterocycles. The van der Waals surface area contributed by atoms with Crippen molar-refractivity contribution in [2.45, 2.75) is 20.8 Å². The van der Waals surface area contributed by atoms with Crippen molar-refractivity contribution in [1.29, 1.82) is 0 Å². The van der Waals surface area contributed by atoms with Crippen LogP contribution >= 0.6 is 23.8 Å². The molecule has 174 valence electrons. The van der Waals surface area contributed by atoms with E-state index in [2.05, 4.69) is 46.5 Å². The zero-order valence-electron chi connectivity index (χ0n) is 19.2. The highest BCUT2D eigenvalue weighted by molar-refractivity contribution is 7.80. The van der Waals surface area contributed by atoms with Gasteiger partial charge < -0.3 is 14.6 Å². The van der Waals surface area contributed by atoms with Gasteiger partial charge in [-0.1, -0.05) is 17.7 Å². The number of nitrogens with one attached hydrogen (secondary N) is 2. The van der Waals surface area contributed by atoms with Crippen LogP contribution in [0.15, 0.2) is 65.1 Å². The molecule has 34 heavy (non-hydrogen) atoms. The number of hydrogen-bond acceptors (Lipinski definition) is 5. The van der Waals surface area contributed by atoms with Crippen LogP contribution in [0.4, 0.5) is 11.4 Å². The number of thiocarbonyl (C=S) groups is 1. The Morgan fingerprint density at radius 3 is 2.47 bits per heavy atom. The van der Waals surface area contributed by atoms with Gasteiger partial charge in [-0.15, -0.1) is 0 Å². The van der Waals surface area contributed by atoms with E-state index in [-0.39, 0.29) is 11.0 Å². The highest BCUT2D eigenvalue weighted by Gasteiger charge is 2.13. The van der Waals surface area contributed by atoms with Gasteiger partial charge in [-0.3, -0.25) is 10.1 Å². The highest BCUT2D eigenvalue weighted by atomic mass is 35.5. The van der Waals surface area contributed by atoms with Crippen molar-refractivity contribution in [3.8, 4) is 11.5 Å². The molecule has 0 saturated heterocycles. The molecule has 1 aromatic heterocycles. The molecule has 1 amide bonds. The molecule has 0 radical (unpaired) electrons. The molecule has 2 N–H and O–H groups in total. The van der Waals surface area contributed by atoms with Gasteiger partial charge in [-0.2, -0.15) is 0 Å². The number of anilines is 2. The number of carbonyl (C=O) groups excluding carboxylic acids is 1. The summed E-state index contributed by atoms with van der Waals surface area (Å²) in [7, 11) is 0. The molecule has 0 spiro atoms. The summed E-state index contributed by atoms with van der Waals surface area (Å²) in [6.07, 6.45) is 0. The second-order valence-electron chi connectivity index (χ2n) is 7.81. The Balaban J connectivity index is 1.46. The molecule has 3 aromatic carbocycles. The molecule has 8 heteroatoms. The minimum Gasteiger partial charge on any atom is -0.436 e. The summed E-state index contributed by atoms with van der Waals surface area (Å²) in [5, 5.41) is 6.21. The van der Waals surface area contributed by atoms with Crippen LogP contribution in [0, 0.1) is 6.92 Å². The van der Waals surface area contributed by atoms with Crippen molar-refractivity contribution in [1.82, 2.24) is 10.3 Å². The molecule has 1 heterocycles. The first-order valence-electron chi connectivity index (χ1n) is 11.0. The van der Waals surface area contributed by atoms with Gasteiger partial charge in [0.05, 0.1) is 10.6 Å². The summed E-state index contributed by atoms with van der Waals surface area (Å²) >= 11 is 11.5. The van der Waals surface area contributed by atoms with E-state index in [1.165, 1.54) is 5.69 Å². The zero-order valence-corrected chi connectivity index (χ0v) is 20.8. The fourth-order valence-electron chi connectivity index (χ4n) is 3.67. The van der Waals surface area contributed by atoms with Crippen LogP contribution in [0.3, 0.4) is 0 Å². The number of halogens is 1. The predicted molar refractivity (Wildman–Crippen MR) is 143 cm³/mol. The molecule has 0 unspecified atom stereocenters. The number of oxazole rings is 1. The number of benzene rings is 3. The topological polar surface area (TPSA) is 70.4 Å². The molecule has 0 bridgehead atoms. The Kier molecular flexibility index (Phi) is 7.14. The molecular weight excluding hydrogens is 468 g/mol. The van der Waals surface area contributed by atoms with Crippen LogP contribution in [0.1, 0.15) is 29.8 Å². The van der Waals surface area contributed by atoms with E-state index >= 15 is 0 Å². The summed E-state index contributed by atoms with van der Waals surface area (Å²) in [6.45, 7) is 8.09.